The summed E-state index contributed by atoms with van der Waals surface area (Å²) in [5.74, 6) is 2.09. The smallest absolute Gasteiger partial charge is 0.203 e. The molecule has 2 N–H and O–H groups in total. The molecule has 1 aliphatic rings. The second-order valence-electron chi connectivity index (χ2n) is 6.00. The number of nitrogens with zero attached hydrogens (tertiary/aromatic N) is 4. The molecule has 0 aliphatic heterocycles. The minimum Gasteiger partial charge on any atom is -0.388 e. The number of aryl methyl sites for hydroxylation is 1. The van der Waals surface area contributed by atoms with Crippen molar-refractivity contribution in [3.05, 3.63) is 18.2 Å². The molecule has 6 nitrogen and oxygen atoms in total. The minimum absolute atomic E-state index is 0.510. The topological polar surface area (TPSA) is 75.3 Å². The van der Waals surface area contributed by atoms with E-state index in [4.69, 9.17) is 0 Å². The number of hydrogen-bond donors (Lipinski definition) is 2. The van der Waals surface area contributed by atoms with Gasteiger partial charge in [0.15, 0.2) is 5.82 Å². The van der Waals surface area contributed by atoms with Gasteiger partial charge in [0.25, 0.3) is 0 Å². The van der Waals surface area contributed by atoms with Gasteiger partial charge in [-0.25, -0.2) is 4.98 Å². The monoisotopic (exact) mass is 275 g/mol. The van der Waals surface area contributed by atoms with Crippen LogP contribution in [0.15, 0.2) is 12.4 Å². The van der Waals surface area contributed by atoms with Crippen LogP contribution in [0, 0.1) is 12.8 Å². The van der Waals surface area contributed by atoms with Crippen LogP contribution < -0.4 is 5.32 Å². The van der Waals surface area contributed by atoms with Crippen molar-refractivity contribution < 1.29 is 5.11 Å². The van der Waals surface area contributed by atoms with Gasteiger partial charge in [0, 0.05) is 18.9 Å². The second-order valence-corrected chi connectivity index (χ2v) is 6.00. The molecular weight excluding hydrogens is 254 g/mol. The normalized spacial score (nSPS) is 26.9. The van der Waals surface area contributed by atoms with E-state index in [1.807, 2.05) is 17.5 Å². The SMILES string of the molecule is Cc1nnc2c(NCC3(O)CCCC(C)C3)nccn12. The number of nitrogens with one attached hydrogen (secondary N) is 1. The predicted molar refractivity (Wildman–Crippen MR) is 76.6 cm³/mol. The van der Waals surface area contributed by atoms with Crippen molar-refractivity contribution in [2.24, 2.45) is 5.92 Å². The zero-order valence-electron chi connectivity index (χ0n) is 12.0. The first-order chi connectivity index (χ1) is 9.57. The van der Waals surface area contributed by atoms with E-state index in [2.05, 4.69) is 27.4 Å². The zero-order valence-corrected chi connectivity index (χ0v) is 12.0. The Morgan fingerprint density at radius 1 is 1.50 bits per heavy atom. The maximum absolute atomic E-state index is 10.6. The average Bonchev–Trinajstić information content (AvgIpc) is 2.79. The minimum atomic E-state index is -0.638. The van der Waals surface area contributed by atoms with E-state index in [9.17, 15) is 5.11 Å². The third kappa shape index (κ3) is 2.47. The molecule has 0 radical (unpaired) electrons. The average molecular weight is 275 g/mol. The number of aliphatic hydroxyl groups is 1. The van der Waals surface area contributed by atoms with E-state index in [0.29, 0.717) is 23.9 Å². The van der Waals surface area contributed by atoms with Gasteiger partial charge in [0.05, 0.1) is 5.60 Å². The fourth-order valence-electron chi connectivity index (χ4n) is 3.11. The summed E-state index contributed by atoms with van der Waals surface area (Å²) in [6, 6.07) is 0. The van der Waals surface area contributed by atoms with Gasteiger partial charge in [-0.15, -0.1) is 10.2 Å². The molecule has 0 spiro atoms. The van der Waals surface area contributed by atoms with Crippen LogP contribution >= 0.6 is 0 Å². The molecule has 2 aromatic rings. The Morgan fingerprint density at radius 3 is 3.15 bits per heavy atom. The molecule has 0 aromatic carbocycles. The van der Waals surface area contributed by atoms with Gasteiger partial charge in [-0.2, -0.15) is 0 Å². The Balaban J connectivity index is 1.77. The highest BCUT2D eigenvalue weighted by molar-refractivity contribution is 5.62. The number of hydrogen-bond acceptors (Lipinski definition) is 5. The Bertz CT molecular complexity index is 611. The van der Waals surface area contributed by atoms with Gasteiger partial charge < -0.3 is 10.4 Å². The van der Waals surface area contributed by atoms with Gasteiger partial charge in [0.1, 0.15) is 5.82 Å². The van der Waals surface area contributed by atoms with Crippen LogP contribution in [0.2, 0.25) is 0 Å². The molecule has 1 saturated carbocycles. The molecule has 6 heteroatoms. The van der Waals surface area contributed by atoms with Gasteiger partial charge in [0.2, 0.25) is 5.65 Å². The number of aromatic nitrogens is 4. The summed E-state index contributed by atoms with van der Waals surface area (Å²) >= 11 is 0. The van der Waals surface area contributed by atoms with Crippen molar-refractivity contribution >= 4 is 11.5 Å². The quantitative estimate of drug-likeness (QED) is 0.893. The van der Waals surface area contributed by atoms with E-state index in [-0.39, 0.29) is 0 Å². The van der Waals surface area contributed by atoms with Crippen molar-refractivity contribution in [1.29, 1.82) is 0 Å². The highest BCUT2D eigenvalue weighted by atomic mass is 16.3. The first kappa shape index (κ1) is 13.3. The first-order valence-corrected chi connectivity index (χ1v) is 7.20. The van der Waals surface area contributed by atoms with Crippen LogP contribution in [-0.4, -0.2) is 36.8 Å². The largest absolute Gasteiger partial charge is 0.388 e. The summed E-state index contributed by atoms with van der Waals surface area (Å²) in [6.45, 7) is 4.61. The van der Waals surface area contributed by atoms with Gasteiger partial charge in [-0.05, 0) is 25.7 Å². The lowest BCUT2D eigenvalue weighted by atomic mass is 9.79. The Morgan fingerprint density at radius 2 is 2.35 bits per heavy atom. The third-order valence-electron chi connectivity index (χ3n) is 4.15. The summed E-state index contributed by atoms with van der Waals surface area (Å²) in [7, 11) is 0. The number of anilines is 1. The zero-order chi connectivity index (χ0) is 14.2. The summed E-state index contributed by atoms with van der Waals surface area (Å²) in [5, 5.41) is 22.1. The molecule has 0 bridgehead atoms. The van der Waals surface area contributed by atoms with Crippen LogP contribution in [0.3, 0.4) is 0 Å². The van der Waals surface area contributed by atoms with Gasteiger partial charge in [-0.1, -0.05) is 19.8 Å². The molecule has 0 saturated heterocycles. The molecule has 1 aliphatic carbocycles. The molecule has 2 unspecified atom stereocenters. The lowest BCUT2D eigenvalue weighted by Crippen LogP contribution is -2.41. The summed E-state index contributed by atoms with van der Waals surface area (Å²) < 4.78 is 1.89. The van der Waals surface area contributed by atoms with Crippen LogP contribution in [0.4, 0.5) is 5.82 Å². The number of rotatable bonds is 3. The van der Waals surface area contributed by atoms with E-state index >= 15 is 0 Å². The summed E-state index contributed by atoms with van der Waals surface area (Å²) in [6.07, 6.45) is 7.54. The molecule has 20 heavy (non-hydrogen) atoms. The highest BCUT2D eigenvalue weighted by Gasteiger charge is 2.32. The van der Waals surface area contributed by atoms with Crippen LogP contribution in [-0.2, 0) is 0 Å². The van der Waals surface area contributed by atoms with Crippen molar-refractivity contribution in [2.75, 3.05) is 11.9 Å². The molecule has 1 fully saturated rings. The van der Waals surface area contributed by atoms with E-state index in [1.54, 1.807) is 6.20 Å². The van der Waals surface area contributed by atoms with E-state index < -0.39 is 5.60 Å². The second kappa shape index (κ2) is 5.01. The maximum atomic E-state index is 10.6. The van der Waals surface area contributed by atoms with Crippen molar-refractivity contribution in [3.8, 4) is 0 Å². The van der Waals surface area contributed by atoms with Crippen LogP contribution in [0.25, 0.3) is 5.65 Å². The van der Waals surface area contributed by atoms with Crippen LogP contribution in [0.1, 0.15) is 38.4 Å². The Hall–Kier alpha value is -1.69. The highest BCUT2D eigenvalue weighted by Crippen LogP contribution is 2.32. The molecule has 2 aromatic heterocycles. The van der Waals surface area contributed by atoms with Crippen molar-refractivity contribution in [3.63, 3.8) is 0 Å². The predicted octanol–water partition coefficient (Wildman–Crippen LogP) is 1.79. The lowest BCUT2D eigenvalue weighted by molar-refractivity contribution is -0.000807. The standard InChI is InChI=1S/C14H21N5O/c1-10-4-3-5-14(20,8-10)9-16-12-13-18-17-11(2)19(13)7-6-15-12/h6-7,10,20H,3-5,8-9H2,1-2H3,(H,15,16). The fourth-order valence-corrected chi connectivity index (χ4v) is 3.11. The fraction of sp³-hybridized carbons (Fsp3) is 0.643. The number of fused-ring (bicyclic) bond motifs is 1. The Kier molecular flexibility index (Phi) is 3.33. The molecule has 0 amide bonds. The van der Waals surface area contributed by atoms with Gasteiger partial charge in [-0.3, -0.25) is 4.40 Å². The summed E-state index contributed by atoms with van der Waals surface area (Å²) in [4.78, 5) is 4.31. The lowest BCUT2D eigenvalue weighted by Gasteiger charge is -2.35. The van der Waals surface area contributed by atoms with Crippen molar-refractivity contribution in [2.45, 2.75) is 45.1 Å². The molecule has 2 heterocycles. The van der Waals surface area contributed by atoms with Crippen LogP contribution in [0.5, 0.6) is 0 Å². The molecular formula is C14H21N5O. The van der Waals surface area contributed by atoms with Gasteiger partial charge >= 0.3 is 0 Å². The first-order valence-electron chi connectivity index (χ1n) is 7.20. The van der Waals surface area contributed by atoms with E-state index in [1.165, 1.54) is 6.42 Å². The summed E-state index contributed by atoms with van der Waals surface area (Å²) in [5.41, 5.74) is 0.0683. The van der Waals surface area contributed by atoms with Crippen molar-refractivity contribution in [1.82, 2.24) is 19.6 Å². The molecule has 3 rings (SSSR count). The molecule has 108 valence electrons. The molecule has 2 atom stereocenters. The third-order valence-corrected chi connectivity index (χ3v) is 4.15. The maximum Gasteiger partial charge on any atom is 0.203 e. The Labute approximate surface area is 118 Å². The van der Waals surface area contributed by atoms with E-state index in [0.717, 1.165) is 25.1 Å².